The molecule has 0 aliphatic heterocycles. The summed E-state index contributed by atoms with van der Waals surface area (Å²) in [5.74, 6) is 0. The predicted molar refractivity (Wildman–Crippen MR) is 80.0 cm³/mol. The van der Waals surface area contributed by atoms with Crippen LogP contribution < -0.4 is 0 Å². The molecule has 0 saturated carbocycles. The molecular weight excluding hydrogens is 387 g/mol. The first-order valence-corrected chi connectivity index (χ1v) is 7.66. The Bertz CT molecular complexity index is 534. The van der Waals surface area contributed by atoms with Crippen molar-refractivity contribution in [3.8, 4) is 0 Å². The summed E-state index contributed by atoms with van der Waals surface area (Å²) in [6.07, 6.45) is -0.629. The van der Waals surface area contributed by atoms with Crippen molar-refractivity contribution in [2.45, 2.75) is 13.0 Å². The Kier molecular flexibility index (Phi) is 4.31. The zero-order valence-corrected chi connectivity index (χ0v) is 13.6. The highest BCUT2D eigenvalue weighted by molar-refractivity contribution is 9.10. The number of aryl methyl sites for hydroxylation is 1. The number of hydrogen-bond donors (Lipinski definition) is 1. The molecule has 2 rings (SSSR count). The van der Waals surface area contributed by atoms with Crippen molar-refractivity contribution in [1.29, 1.82) is 0 Å². The maximum atomic E-state index is 10.3. The van der Waals surface area contributed by atoms with Gasteiger partial charge in [0.05, 0.1) is 5.02 Å². The third-order valence-corrected chi connectivity index (χ3v) is 5.83. The fourth-order valence-electron chi connectivity index (χ4n) is 1.46. The van der Waals surface area contributed by atoms with E-state index in [-0.39, 0.29) is 0 Å². The molecule has 0 amide bonds. The van der Waals surface area contributed by atoms with E-state index in [1.54, 1.807) is 17.4 Å². The lowest BCUT2D eigenvalue weighted by Gasteiger charge is -2.09. The second-order valence-electron chi connectivity index (χ2n) is 3.63. The Labute approximate surface area is 126 Å². The Hall–Kier alpha value is 0.130. The van der Waals surface area contributed by atoms with Crippen molar-refractivity contribution < 1.29 is 5.11 Å². The van der Waals surface area contributed by atoms with Crippen molar-refractivity contribution in [1.82, 2.24) is 0 Å². The number of aliphatic hydroxyl groups is 1. The number of rotatable bonds is 2. The standard InChI is InChI=1S/C12H9Br2ClOS/c1-6-9(14)5-11(17-6)12(16)7-2-3-8(13)10(15)4-7/h2-5,12,16H,1H3. The average Bonchev–Trinajstić information content (AvgIpc) is 2.62. The molecule has 1 heterocycles. The summed E-state index contributed by atoms with van der Waals surface area (Å²) in [6, 6.07) is 7.43. The van der Waals surface area contributed by atoms with Crippen LogP contribution in [-0.4, -0.2) is 5.11 Å². The van der Waals surface area contributed by atoms with Gasteiger partial charge >= 0.3 is 0 Å². The van der Waals surface area contributed by atoms with Crippen LogP contribution in [0, 0.1) is 6.92 Å². The van der Waals surface area contributed by atoms with Crippen molar-refractivity contribution in [2.75, 3.05) is 0 Å². The van der Waals surface area contributed by atoms with Gasteiger partial charge in [-0.3, -0.25) is 0 Å². The fourth-order valence-corrected chi connectivity index (χ4v) is 3.47. The highest BCUT2D eigenvalue weighted by Gasteiger charge is 2.15. The van der Waals surface area contributed by atoms with Crippen molar-refractivity contribution in [3.05, 3.63) is 53.6 Å². The van der Waals surface area contributed by atoms with Gasteiger partial charge in [0.15, 0.2) is 0 Å². The molecular formula is C12H9Br2ClOS. The summed E-state index contributed by atoms with van der Waals surface area (Å²) < 4.78 is 1.86. The molecule has 0 saturated heterocycles. The summed E-state index contributed by atoms with van der Waals surface area (Å²) in [6.45, 7) is 2.01. The van der Waals surface area contributed by atoms with E-state index in [2.05, 4.69) is 31.9 Å². The van der Waals surface area contributed by atoms with E-state index >= 15 is 0 Å². The minimum Gasteiger partial charge on any atom is -0.383 e. The van der Waals surface area contributed by atoms with E-state index in [1.807, 2.05) is 25.1 Å². The zero-order valence-electron chi connectivity index (χ0n) is 8.88. The molecule has 2 aromatic rings. The molecule has 0 aliphatic carbocycles. The number of aliphatic hydroxyl groups excluding tert-OH is 1. The average molecular weight is 397 g/mol. The van der Waals surface area contributed by atoms with E-state index in [0.717, 1.165) is 24.3 Å². The van der Waals surface area contributed by atoms with Gasteiger partial charge in [0, 0.05) is 18.7 Å². The maximum Gasteiger partial charge on any atom is 0.113 e. The summed E-state index contributed by atoms with van der Waals surface area (Å²) in [4.78, 5) is 2.06. The summed E-state index contributed by atoms with van der Waals surface area (Å²) >= 11 is 14.4. The van der Waals surface area contributed by atoms with Gasteiger partial charge in [-0.25, -0.2) is 0 Å². The molecule has 1 aromatic carbocycles. The molecule has 1 atom stereocenters. The SMILES string of the molecule is Cc1sc(C(O)c2ccc(Br)c(Cl)c2)cc1Br. The topological polar surface area (TPSA) is 20.2 Å². The van der Waals surface area contributed by atoms with Crippen LogP contribution in [0.4, 0.5) is 0 Å². The van der Waals surface area contributed by atoms with Crippen LogP contribution in [0.25, 0.3) is 0 Å². The van der Waals surface area contributed by atoms with Crippen molar-refractivity contribution in [3.63, 3.8) is 0 Å². The van der Waals surface area contributed by atoms with Crippen LogP contribution >= 0.6 is 54.8 Å². The Balaban J connectivity index is 2.36. The lowest BCUT2D eigenvalue weighted by atomic mass is 10.1. The maximum absolute atomic E-state index is 10.3. The third-order valence-electron chi connectivity index (χ3n) is 2.41. The zero-order chi connectivity index (χ0) is 12.6. The van der Waals surface area contributed by atoms with Crippen LogP contribution in [0.1, 0.15) is 21.4 Å². The minimum absolute atomic E-state index is 0.605. The van der Waals surface area contributed by atoms with E-state index < -0.39 is 6.10 Å². The molecule has 5 heteroatoms. The van der Waals surface area contributed by atoms with Crippen LogP contribution in [0.5, 0.6) is 0 Å². The normalized spacial score (nSPS) is 12.8. The van der Waals surface area contributed by atoms with Gasteiger partial charge < -0.3 is 5.11 Å². The summed E-state index contributed by atoms with van der Waals surface area (Å²) in [5.41, 5.74) is 0.798. The van der Waals surface area contributed by atoms with Gasteiger partial charge in [0.2, 0.25) is 0 Å². The van der Waals surface area contributed by atoms with Crippen molar-refractivity contribution >= 4 is 54.8 Å². The lowest BCUT2D eigenvalue weighted by Crippen LogP contribution is -1.96. The van der Waals surface area contributed by atoms with Gasteiger partial charge in [-0.1, -0.05) is 17.7 Å². The largest absolute Gasteiger partial charge is 0.383 e. The van der Waals surface area contributed by atoms with E-state index in [0.29, 0.717) is 5.02 Å². The number of thiophene rings is 1. The van der Waals surface area contributed by atoms with E-state index in [4.69, 9.17) is 11.6 Å². The van der Waals surface area contributed by atoms with Crippen LogP contribution in [0.3, 0.4) is 0 Å². The smallest absolute Gasteiger partial charge is 0.113 e. The quantitative estimate of drug-likeness (QED) is 0.729. The van der Waals surface area contributed by atoms with Gasteiger partial charge in [-0.15, -0.1) is 11.3 Å². The first kappa shape index (κ1) is 13.6. The van der Waals surface area contributed by atoms with Crippen molar-refractivity contribution in [2.24, 2.45) is 0 Å². The van der Waals surface area contributed by atoms with Crippen LogP contribution in [-0.2, 0) is 0 Å². The van der Waals surface area contributed by atoms with E-state index in [9.17, 15) is 5.11 Å². The Morgan fingerprint density at radius 3 is 2.47 bits per heavy atom. The lowest BCUT2D eigenvalue weighted by molar-refractivity contribution is 0.224. The first-order valence-electron chi connectivity index (χ1n) is 4.88. The minimum atomic E-state index is -0.629. The molecule has 1 unspecified atom stereocenters. The molecule has 17 heavy (non-hydrogen) atoms. The Morgan fingerprint density at radius 2 is 1.94 bits per heavy atom. The number of halogens is 3. The molecule has 0 bridgehead atoms. The first-order chi connectivity index (χ1) is 7.99. The Morgan fingerprint density at radius 1 is 1.24 bits per heavy atom. The molecule has 0 fully saturated rings. The highest BCUT2D eigenvalue weighted by atomic mass is 79.9. The monoisotopic (exact) mass is 394 g/mol. The second kappa shape index (κ2) is 5.41. The van der Waals surface area contributed by atoms with Gasteiger partial charge in [-0.2, -0.15) is 0 Å². The number of benzene rings is 1. The number of hydrogen-bond acceptors (Lipinski definition) is 2. The van der Waals surface area contributed by atoms with E-state index in [1.165, 1.54) is 0 Å². The highest BCUT2D eigenvalue weighted by Crippen LogP contribution is 2.35. The molecule has 1 N–H and O–H groups in total. The van der Waals surface area contributed by atoms with Crippen LogP contribution in [0.15, 0.2) is 33.2 Å². The molecule has 0 aliphatic rings. The van der Waals surface area contributed by atoms with Crippen LogP contribution in [0.2, 0.25) is 5.02 Å². The molecule has 0 spiro atoms. The van der Waals surface area contributed by atoms with Gasteiger partial charge in [-0.05, 0) is 62.5 Å². The van der Waals surface area contributed by atoms with Gasteiger partial charge in [0.1, 0.15) is 6.10 Å². The fraction of sp³-hybridized carbons (Fsp3) is 0.167. The third kappa shape index (κ3) is 2.93. The molecule has 0 radical (unpaired) electrons. The predicted octanol–water partition coefficient (Wildman–Crippen LogP) is 5.32. The molecule has 1 aromatic heterocycles. The summed E-state index contributed by atoms with van der Waals surface area (Å²) in [5, 5.41) is 10.9. The summed E-state index contributed by atoms with van der Waals surface area (Å²) in [7, 11) is 0. The second-order valence-corrected chi connectivity index (χ2v) is 7.03. The van der Waals surface area contributed by atoms with Gasteiger partial charge in [0.25, 0.3) is 0 Å². The molecule has 90 valence electrons. The molecule has 1 nitrogen and oxygen atoms in total.